The quantitative estimate of drug-likeness (QED) is 0.204. The molecule has 0 radical (unpaired) electrons. The molecule has 0 saturated carbocycles. The topological polar surface area (TPSA) is 84.9 Å². The Hall–Kier alpha value is -3.24. The van der Waals surface area contributed by atoms with Crippen LogP contribution < -0.4 is 5.32 Å². The fourth-order valence-electron chi connectivity index (χ4n) is 6.45. The molecule has 4 unspecified atom stereocenters. The summed E-state index contributed by atoms with van der Waals surface area (Å²) in [6.45, 7) is 15.6. The maximum Gasteiger partial charge on any atom is 0.326 e. The first-order valence-electron chi connectivity index (χ1n) is 16.0. The number of likely N-dealkylation sites (tertiary alicyclic amines) is 1. The highest BCUT2D eigenvalue weighted by atomic mass is 35.5. The van der Waals surface area contributed by atoms with E-state index in [2.05, 4.69) is 31.9 Å². The summed E-state index contributed by atoms with van der Waals surface area (Å²) in [6.07, 6.45) is -0.0938. The van der Waals surface area contributed by atoms with Crippen LogP contribution in [0.1, 0.15) is 68.3 Å². The van der Waals surface area contributed by atoms with Crippen molar-refractivity contribution < 1.29 is 28.2 Å². The normalized spacial score (nSPS) is 21.3. The molecule has 1 fully saturated rings. The lowest BCUT2D eigenvalue weighted by Crippen LogP contribution is -2.59. The van der Waals surface area contributed by atoms with E-state index in [-0.39, 0.29) is 18.2 Å². The maximum absolute atomic E-state index is 14.9. The minimum absolute atomic E-state index is 0.0938. The van der Waals surface area contributed by atoms with Crippen LogP contribution in [0.5, 0.6) is 0 Å². The van der Waals surface area contributed by atoms with E-state index in [0.717, 1.165) is 0 Å². The SMILES string of the molecule is COC(C)[Si](C)(C)C.Cc1ccc(F)cc1C1N(CC(=O)OC(C)(C)C)C(=O)CC(c2cccc(Cl)c2)C12C(=O)Nc1cc(Cl)ccc12. The number of carbonyl (C=O) groups is 3. The number of methoxy groups -OCH3 is 1. The zero-order valence-corrected chi connectivity index (χ0v) is 31.6. The number of amides is 2. The largest absolute Gasteiger partial charge is 0.459 e. The molecule has 0 bridgehead atoms. The molecule has 5 rings (SSSR count). The Bertz CT molecular complexity index is 1710. The second-order valence-corrected chi connectivity index (χ2v) is 21.0. The van der Waals surface area contributed by atoms with Gasteiger partial charge in [0.05, 0.1) is 14.1 Å². The number of halogens is 3. The number of hydrogen-bond donors (Lipinski definition) is 1. The van der Waals surface area contributed by atoms with E-state index in [1.54, 1.807) is 77.3 Å². The van der Waals surface area contributed by atoms with E-state index in [4.69, 9.17) is 32.7 Å². The van der Waals surface area contributed by atoms with Crippen molar-refractivity contribution in [3.05, 3.63) is 98.8 Å². The Morgan fingerprint density at radius 3 is 2.31 bits per heavy atom. The molecule has 3 aromatic rings. The van der Waals surface area contributed by atoms with Gasteiger partial charge in [0.1, 0.15) is 23.4 Å². The summed E-state index contributed by atoms with van der Waals surface area (Å²) >= 11 is 12.7. The summed E-state index contributed by atoms with van der Waals surface area (Å²) in [5.41, 5.74) is 1.10. The zero-order valence-electron chi connectivity index (χ0n) is 29.0. The number of aryl methyl sites for hydroxylation is 1. The average Bonchev–Trinajstić information content (AvgIpc) is 3.25. The predicted molar refractivity (Wildman–Crippen MR) is 192 cm³/mol. The Labute approximate surface area is 294 Å². The molecule has 2 aliphatic heterocycles. The highest BCUT2D eigenvalue weighted by molar-refractivity contribution is 6.77. The Kier molecular flexibility index (Phi) is 11.2. The van der Waals surface area contributed by atoms with Crippen molar-refractivity contribution in [1.29, 1.82) is 0 Å². The Morgan fingerprint density at radius 2 is 1.73 bits per heavy atom. The van der Waals surface area contributed by atoms with Crippen LogP contribution in [0.15, 0.2) is 60.7 Å². The number of fused-ring (bicyclic) bond motifs is 2. The molecule has 3 aromatic carbocycles. The van der Waals surface area contributed by atoms with Crippen molar-refractivity contribution >= 4 is 54.7 Å². The molecule has 4 atom stereocenters. The van der Waals surface area contributed by atoms with Crippen LogP contribution in [-0.4, -0.2) is 55.7 Å². The number of piperidine rings is 1. The first-order valence-corrected chi connectivity index (χ1v) is 20.3. The summed E-state index contributed by atoms with van der Waals surface area (Å²) in [5, 5.41) is 3.84. The van der Waals surface area contributed by atoms with Gasteiger partial charge in [-0.15, -0.1) is 0 Å². The predicted octanol–water partition coefficient (Wildman–Crippen LogP) is 8.63. The summed E-state index contributed by atoms with van der Waals surface area (Å²) < 4.78 is 25.6. The monoisotopic (exact) mass is 714 g/mol. The second-order valence-electron chi connectivity index (χ2n) is 14.6. The third-order valence-corrected chi connectivity index (χ3v) is 12.3. The van der Waals surface area contributed by atoms with Crippen molar-refractivity contribution in [1.82, 2.24) is 4.90 Å². The van der Waals surface area contributed by atoms with E-state index < -0.39 is 49.4 Å². The summed E-state index contributed by atoms with van der Waals surface area (Å²) in [4.78, 5) is 42.9. The van der Waals surface area contributed by atoms with Gasteiger partial charge in [0.15, 0.2) is 0 Å². The molecule has 0 aliphatic carbocycles. The van der Waals surface area contributed by atoms with Gasteiger partial charge in [0, 0.05) is 40.9 Å². The number of carbonyl (C=O) groups excluding carboxylic acids is 3. The number of anilines is 1. The van der Waals surface area contributed by atoms with Gasteiger partial charge in [-0.05, 0) is 93.3 Å². The van der Waals surface area contributed by atoms with Gasteiger partial charge >= 0.3 is 5.97 Å². The van der Waals surface area contributed by atoms with Crippen LogP contribution in [0.25, 0.3) is 0 Å². The first-order chi connectivity index (χ1) is 22.3. The molecule has 2 heterocycles. The molecule has 11 heteroatoms. The van der Waals surface area contributed by atoms with Crippen molar-refractivity contribution in [2.24, 2.45) is 0 Å². The lowest BCUT2D eigenvalue weighted by atomic mass is 9.58. The fourth-order valence-corrected chi connectivity index (χ4v) is 7.53. The molecular weight excluding hydrogens is 670 g/mol. The van der Waals surface area contributed by atoms with Gasteiger partial charge in [-0.25, -0.2) is 4.39 Å². The van der Waals surface area contributed by atoms with E-state index in [1.807, 2.05) is 6.07 Å². The van der Waals surface area contributed by atoms with Crippen LogP contribution in [-0.2, 0) is 29.3 Å². The smallest absolute Gasteiger partial charge is 0.326 e. The van der Waals surface area contributed by atoms with Crippen molar-refractivity contribution in [3.63, 3.8) is 0 Å². The van der Waals surface area contributed by atoms with Gasteiger partial charge in [-0.2, -0.15) is 0 Å². The third kappa shape index (κ3) is 7.80. The van der Waals surface area contributed by atoms with Gasteiger partial charge in [0.25, 0.3) is 0 Å². The molecule has 1 saturated heterocycles. The number of benzene rings is 3. The lowest BCUT2D eigenvalue weighted by molar-refractivity contribution is -0.164. The van der Waals surface area contributed by atoms with E-state index >= 15 is 0 Å². The number of hydrogen-bond acceptors (Lipinski definition) is 5. The minimum atomic E-state index is -1.45. The van der Waals surface area contributed by atoms with Crippen molar-refractivity contribution in [3.8, 4) is 0 Å². The second kappa shape index (κ2) is 14.3. The Morgan fingerprint density at radius 1 is 1.06 bits per heavy atom. The van der Waals surface area contributed by atoms with E-state index in [0.29, 0.717) is 43.7 Å². The lowest BCUT2D eigenvalue weighted by Gasteiger charge is -2.51. The van der Waals surface area contributed by atoms with Crippen LogP contribution in [0, 0.1) is 12.7 Å². The van der Waals surface area contributed by atoms with E-state index in [9.17, 15) is 18.8 Å². The Balaban J connectivity index is 0.000000579. The highest BCUT2D eigenvalue weighted by Gasteiger charge is 2.64. The number of rotatable bonds is 6. The van der Waals surface area contributed by atoms with Crippen LogP contribution in [0.4, 0.5) is 10.1 Å². The number of nitrogens with one attached hydrogen (secondary N) is 1. The number of ether oxygens (including phenoxy) is 2. The van der Waals surface area contributed by atoms with Crippen LogP contribution in [0.2, 0.25) is 29.7 Å². The number of nitrogens with zero attached hydrogens (tertiary/aromatic N) is 1. The highest BCUT2D eigenvalue weighted by Crippen LogP contribution is 2.60. The molecule has 1 N–H and O–H groups in total. The summed E-state index contributed by atoms with van der Waals surface area (Å²) in [6, 6.07) is 15.3. The third-order valence-electron chi connectivity index (χ3n) is 9.12. The molecule has 1 spiro atoms. The number of esters is 1. The fraction of sp³-hybridized carbons (Fsp3) is 0.432. The molecular formula is C37H45Cl2FN2O5Si. The van der Waals surface area contributed by atoms with Gasteiger partial charge in [0.2, 0.25) is 11.8 Å². The van der Waals surface area contributed by atoms with Gasteiger partial charge < -0.3 is 19.7 Å². The molecule has 258 valence electrons. The molecule has 7 nitrogen and oxygen atoms in total. The zero-order chi connectivity index (χ0) is 35.8. The average molecular weight is 716 g/mol. The molecule has 0 aromatic heterocycles. The van der Waals surface area contributed by atoms with Crippen molar-refractivity contribution in [2.45, 2.75) is 89.4 Å². The van der Waals surface area contributed by atoms with Gasteiger partial charge in [-0.3, -0.25) is 14.4 Å². The molecule has 2 aliphatic rings. The first kappa shape index (κ1) is 37.6. The van der Waals surface area contributed by atoms with Gasteiger partial charge in [-0.1, -0.05) is 67.1 Å². The summed E-state index contributed by atoms with van der Waals surface area (Å²) in [5.74, 6) is -2.61. The maximum atomic E-state index is 14.9. The minimum Gasteiger partial charge on any atom is -0.459 e. The molecule has 48 heavy (non-hydrogen) atoms. The van der Waals surface area contributed by atoms with Crippen molar-refractivity contribution in [2.75, 3.05) is 19.0 Å². The molecule has 2 amide bonds. The van der Waals surface area contributed by atoms with Crippen LogP contribution in [0.3, 0.4) is 0 Å². The van der Waals surface area contributed by atoms with Crippen LogP contribution >= 0.6 is 23.2 Å². The van der Waals surface area contributed by atoms with E-state index in [1.165, 1.54) is 17.0 Å². The summed E-state index contributed by atoms with van der Waals surface area (Å²) in [7, 11) is 0.798. The standard InChI is InChI=1S/C31H29Cl2FN2O4.C6H16OSi/c1-17-8-10-21(34)14-22(17)28-31(23-11-9-20(33)13-25(23)35-29(31)39)24(18-6-5-7-19(32)12-18)15-26(37)36(28)16-27(38)40-30(2,3)4;1-6(7-2)8(3,4)5/h5-14,24,28H,15-16H2,1-4H3,(H,35,39);6H,1-5H3.